The van der Waals surface area contributed by atoms with Crippen LogP contribution in [-0.2, 0) is 12.8 Å². The Hall–Kier alpha value is -2.91. The van der Waals surface area contributed by atoms with E-state index in [1.807, 2.05) is 41.3 Å². The number of thioether (sulfide) groups is 1. The van der Waals surface area contributed by atoms with Crippen molar-refractivity contribution >= 4 is 23.1 Å². The predicted octanol–water partition coefficient (Wildman–Crippen LogP) is 4.88. The molecule has 0 radical (unpaired) electrons. The van der Waals surface area contributed by atoms with Crippen LogP contribution in [0.2, 0.25) is 0 Å². The van der Waals surface area contributed by atoms with Crippen LogP contribution in [0.5, 0.6) is 11.5 Å². The zero-order valence-corrected chi connectivity index (χ0v) is 17.6. The van der Waals surface area contributed by atoms with Crippen molar-refractivity contribution in [3.63, 3.8) is 0 Å². The summed E-state index contributed by atoms with van der Waals surface area (Å²) >= 11 is 3.10. The van der Waals surface area contributed by atoms with Gasteiger partial charge >= 0.3 is 0 Å². The first-order valence-electron chi connectivity index (χ1n) is 9.28. The molecule has 6 nitrogen and oxygen atoms in total. The van der Waals surface area contributed by atoms with Crippen molar-refractivity contribution in [2.45, 2.75) is 17.0 Å². The molecule has 0 amide bonds. The van der Waals surface area contributed by atoms with Crippen LogP contribution in [0.25, 0.3) is 10.6 Å². The number of halogens is 1. The maximum absolute atomic E-state index is 13.1. The molecule has 1 atom stereocenters. The van der Waals surface area contributed by atoms with E-state index in [1.165, 1.54) is 12.1 Å². The molecule has 9 heteroatoms. The van der Waals surface area contributed by atoms with E-state index >= 15 is 0 Å². The average molecular weight is 441 g/mol. The fraction of sp³-hybridized carbons (Fsp3) is 0.190. The normalized spacial score (nSPS) is 15.3. The van der Waals surface area contributed by atoms with Gasteiger partial charge in [0, 0.05) is 23.7 Å². The molecule has 5 rings (SSSR count). The van der Waals surface area contributed by atoms with Gasteiger partial charge in [0.15, 0.2) is 28.6 Å². The Kier molecular flexibility index (Phi) is 5.14. The van der Waals surface area contributed by atoms with E-state index in [9.17, 15) is 4.39 Å². The van der Waals surface area contributed by atoms with E-state index in [0.29, 0.717) is 18.1 Å². The number of thiazole rings is 1. The van der Waals surface area contributed by atoms with Crippen molar-refractivity contribution < 1.29 is 13.9 Å². The quantitative estimate of drug-likeness (QED) is 0.412. The lowest BCUT2D eigenvalue weighted by atomic mass is 10.2. The maximum Gasteiger partial charge on any atom is 0.192 e. The summed E-state index contributed by atoms with van der Waals surface area (Å²) in [6, 6.07) is 14.0. The lowest BCUT2D eigenvalue weighted by molar-refractivity contribution is 0.0825. The molecule has 4 aromatic rings. The van der Waals surface area contributed by atoms with Gasteiger partial charge in [-0.1, -0.05) is 23.9 Å². The Morgan fingerprint density at radius 3 is 2.77 bits per heavy atom. The zero-order chi connectivity index (χ0) is 20.5. The maximum atomic E-state index is 13.1. The Morgan fingerprint density at radius 1 is 1.13 bits per heavy atom. The number of rotatable bonds is 5. The Morgan fingerprint density at radius 2 is 1.93 bits per heavy atom. The average Bonchev–Trinajstić information content (AvgIpc) is 3.39. The van der Waals surface area contributed by atoms with E-state index in [-0.39, 0.29) is 11.9 Å². The number of benzene rings is 2. The highest BCUT2D eigenvalue weighted by molar-refractivity contribution is 7.98. The first-order valence-corrected chi connectivity index (χ1v) is 11.1. The molecule has 1 unspecified atom stereocenters. The molecule has 2 aromatic heterocycles. The molecule has 0 spiro atoms. The van der Waals surface area contributed by atoms with Crippen LogP contribution in [0.15, 0.2) is 59.1 Å². The van der Waals surface area contributed by atoms with Gasteiger partial charge in [-0.2, -0.15) is 0 Å². The summed E-state index contributed by atoms with van der Waals surface area (Å²) in [5.41, 5.74) is 1.85. The first-order chi connectivity index (χ1) is 14.7. The van der Waals surface area contributed by atoms with Gasteiger partial charge in [0.2, 0.25) is 0 Å². The van der Waals surface area contributed by atoms with Gasteiger partial charge < -0.3 is 14.0 Å². The highest BCUT2D eigenvalue weighted by Crippen LogP contribution is 2.36. The minimum Gasteiger partial charge on any atom is -0.485 e. The van der Waals surface area contributed by atoms with Gasteiger partial charge in [0.25, 0.3) is 0 Å². The van der Waals surface area contributed by atoms with Crippen LogP contribution in [-0.4, -0.2) is 26.4 Å². The topological polar surface area (TPSA) is 62.1 Å². The molecule has 0 bridgehead atoms. The molecule has 1 aliphatic heterocycles. The monoisotopic (exact) mass is 440 g/mol. The van der Waals surface area contributed by atoms with Crippen molar-refractivity contribution in [1.29, 1.82) is 0 Å². The largest absolute Gasteiger partial charge is 0.485 e. The second-order valence-corrected chi connectivity index (χ2v) is 8.50. The van der Waals surface area contributed by atoms with Gasteiger partial charge in [-0.25, -0.2) is 9.37 Å². The Bertz CT molecular complexity index is 1180. The third-order valence-electron chi connectivity index (χ3n) is 4.66. The van der Waals surface area contributed by atoms with Crippen molar-refractivity contribution in [2.24, 2.45) is 7.05 Å². The standard InChI is InChI=1S/C21H17FN4O2S2/c1-26-19(18-10-27-16-4-2-3-5-17(16)28-18)24-25-21(26)30-12-15-11-29-20(23-15)13-6-8-14(22)9-7-13/h2-9,11,18H,10,12H2,1H3. The summed E-state index contributed by atoms with van der Waals surface area (Å²) in [6.45, 7) is 0.390. The summed E-state index contributed by atoms with van der Waals surface area (Å²) in [5.74, 6) is 2.58. The number of aromatic nitrogens is 4. The number of nitrogens with zero attached hydrogens (tertiary/aromatic N) is 4. The zero-order valence-electron chi connectivity index (χ0n) is 16.0. The summed E-state index contributed by atoms with van der Waals surface area (Å²) < 4.78 is 26.9. The molecular weight excluding hydrogens is 423 g/mol. The fourth-order valence-electron chi connectivity index (χ4n) is 3.12. The van der Waals surface area contributed by atoms with Gasteiger partial charge in [0.1, 0.15) is 17.4 Å². The number of hydrogen-bond donors (Lipinski definition) is 0. The molecule has 0 saturated carbocycles. The predicted molar refractivity (Wildman–Crippen MR) is 113 cm³/mol. The number of para-hydroxylation sites is 2. The SMILES string of the molecule is Cn1c(SCc2csc(-c3ccc(F)cc3)n2)nnc1C1COc2ccccc2O1. The lowest BCUT2D eigenvalue weighted by Crippen LogP contribution is -2.24. The second kappa shape index (κ2) is 8.08. The van der Waals surface area contributed by atoms with E-state index in [0.717, 1.165) is 33.0 Å². The van der Waals surface area contributed by atoms with Crippen LogP contribution < -0.4 is 9.47 Å². The summed E-state index contributed by atoms with van der Waals surface area (Å²) in [5, 5.41) is 12.3. The molecule has 0 saturated heterocycles. The van der Waals surface area contributed by atoms with Crippen LogP contribution >= 0.6 is 23.1 Å². The third kappa shape index (κ3) is 3.78. The van der Waals surface area contributed by atoms with E-state index in [4.69, 9.17) is 9.47 Å². The van der Waals surface area contributed by atoms with E-state index < -0.39 is 0 Å². The number of hydrogen-bond acceptors (Lipinski definition) is 7. The van der Waals surface area contributed by atoms with Crippen LogP contribution in [0, 0.1) is 5.82 Å². The molecule has 0 aliphatic carbocycles. The van der Waals surface area contributed by atoms with Gasteiger partial charge in [-0.3, -0.25) is 0 Å². The summed E-state index contributed by atoms with van der Waals surface area (Å²) in [6.07, 6.45) is -0.309. The number of ether oxygens (including phenoxy) is 2. The van der Waals surface area contributed by atoms with Crippen LogP contribution in [0.1, 0.15) is 17.6 Å². The third-order valence-corrected chi connectivity index (χ3v) is 6.65. The highest BCUT2D eigenvalue weighted by atomic mass is 32.2. The van der Waals surface area contributed by atoms with Crippen LogP contribution in [0.3, 0.4) is 0 Å². The molecule has 2 aromatic carbocycles. The number of fused-ring (bicyclic) bond motifs is 1. The van der Waals surface area contributed by atoms with Gasteiger partial charge in [0.05, 0.1) is 5.69 Å². The van der Waals surface area contributed by atoms with Crippen molar-refractivity contribution in [3.8, 4) is 22.1 Å². The van der Waals surface area contributed by atoms with E-state index in [2.05, 4.69) is 15.2 Å². The summed E-state index contributed by atoms with van der Waals surface area (Å²) in [7, 11) is 1.92. The fourth-order valence-corrected chi connectivity index (χ4v) is 4.86. The van der Waals surface area contributed by atoms with Crippen molar-refractivity contribution in [3.05, 3.63) is 71.2 Å². The lowest BCUT2D eigenvalue weighted by Gasteiger charge is -2.25. The van der Waals surface area contributed by atoms with E-state index in [1.54, 1.807) is 35.2 Å². The van der Waals surface area contributed by atoms with Crippen molar-refractivity contribution in [1.82, 2.24) is 19.7 Å². The molecule has 0 N–H and O–H groups in total. The first kappa shape index (κ1) is 19.1. The molecule has 1 aliphatic rings. The molecular formula is C21H17FN4O2S2. The minimum absolute atomic E-state index is 0.250. The minimum atomic E-state index is -0.309. The van der Waals surface area contributed by atoms with Crippen LogP contribution in [0.4, 0.5) is 4.39 Å². The van der Waals surface area contributed by atoms with Gasteiger partial charge in [-0.15, -0.1) is 21.5 Å². The van der Waals surface area contributed by atoms with Crippen molar-refractivity contribution in [2.75, 3.05) is 6.61 Å². The molecule has 3 heterocycles. The summed E-state index contributed by atoms with van der Waals surface area (Å²) in [4.78, 5) is 4.65. The molecule has 0 fully saturated rings. The Balaban J connectivity index is 1.26. The van der Waals surface area contributed by atoms with Gasteiger partial charge in [-0.05, 0) is 36.4 Å². The molecule has 30 heavy (non-hydrogen) atoms. The Labute approximate surface area is 180 Å². The second-order valence-electron chi connectivity index (χ2n) is 6.70. The molecule has 152 valence electrons. The smallest absolute Gasteiger partial charge is 0.192 e. The highest BCUT2D eigenvalue weighted by Gasteiger charge is 2.27.